The maximum absolute atomic E-state index is 14.0. The number of methoxy groups -OCH3 is 2. The van der Waals surface area contributed by atoms with E-state index in [2.05, 4.69) is 6.92 Å². The minimum absolute atomic E-state index is 0.0504. The lowest BCUT2D eigenvalue weighted by atomic mass is 9.39. The second-order valence-electron chi connectivity index (χ2n) is 13.9. The molecular formula is C29H47F3O8. The molecule has 4 saturated carbocycles. The van der Waals surface area contributed by atoms with Crippen LogP contribution in [0.2, 0.25) is 0 Å². The number of fused-ring (bicyclic) bond motifs is 3. The van der Waals surface area contributed by atoms with Gasteiger partial charge in [-0.3, -0.25) is 0 Å². The molecule has 5 aliphatic rings. The minimum Gasteiger partial charge on any atom is -0.389 e. The molecule has 0 radical (unpaired) electrons. The summed E-state index contributed by atoms with van der Waals surface area (Å²) in [6.07, 6.45) is -5.20. The number of hydrogen-bond acceptors (Lipinski definition) is 8. The van der Waals surface area contributed by atoms with E-state index in [9.17, 15) is 23.4 Å². The lowest BCUT2D eigenvalue weighted by molar-refractivity contribution is -0.406. The minimum atomic E-state index is -4.77. The third kappa shape index (κ3) is 4.40. The smallest absolute Gasteiger partial charge is 0.389 e. The summed E-state index contributed by atoms with van der Waals surface area (Å²) in [5, 5.41) is 23.1. The zero-order valence-electron chi connectivity index (χ0n) is 24.6. The molecule has 11 heteroatoms. The van der Waals surface area contributed by atoms with Gasteiger partial charge in [0.25, 0.3) is 0 Å². The fraction of sp³-hybridized carbons (Fsp3) is 1.00. The molecule has 8 nitrogen and oxygen atoms in total. The molecule has 40 heavy (non-hydrogen) atoms. The SMILES string of the molecule is COCO[C@@H]1C[C@]2(C)[C@@H](C(O)C(F)(F)F)CC[C@]2(OCOC)C2CC[C@]3(O)C[C@@H](C)C[C@H]4OC(C)(C)OC[C@]43C21. The number of halogens is 3. The van der Waals surface area contributed by atoms with E-state index in [1.807, 2.05) is 20.8 Å². The van der Waals surface area contributed by atoms with E-state index in [4.69, 9.17) is 28.4 Å². The van der Waals surface area contributed by atoms with E-state index in [0.717, 1.165) is 6.42 Å². The molecule has 0 aromatic carbocycles. The summed E-state index contributed by atoms with van der Waals surface area (Å²) < 4.78 is 78.5. The van der Waals surface area contributed by atoms with E-state index in [1.165, 1.54) is 14.2 Å². The van der Waals surface area contributed by atoms with Crippen LogP contribution in [0.25, 0.3) is 0 Å². The van der Waals surface area contributed by atoms with Crippen molar-refractivity contribution >= 4 is 0 Å². The van der Waals surface area contributed by atoms with Crippen molar-refractivity contribution in [1.82, 2.24) is 0 Å². The van der Waals surface area contributed by atoms with E-state index < -0.39 is 52.1 Å². The van der Waals surface area contributed by atoms with Gasteiger partial charge in [-0.2, -0.15) is 13.2 Å². The molecule has 1 aliphatic heterocycles. The van der Waals surface area contributed by atoms with Crippen LogP contribution in [0.1, 0.15) is 72.6 Å². The Hall–Kier alpha value is -0.530. The zero-order valence-corrected chi connectivity index (χ0v) is 24.6. The first-order valence-corrected chi connectivity index (χ1v) is 14.6. The topological polar surface area (TPSA) is 95.8 Å². The molecule has 5 fully saturated rings. The normalized spacial score (nSPS) is 49.0. The number of alkyl halides is 3. The van der Waals surface area contributed by atoms with Gasteiger partial charge in [0.05, 0.1) is 35.4 Å². The standard InChI is InChI=1S/C29H47F3O8/c1-17-11-21-27(14-38-24(2,3)40-21)22-18(7-9-26(27,34)12-17)28(39-16-36-6)10-8-19(23(33)29(30,31)32)25(28,4)13-20(22)37-15-35-5/h17-23,33-34H,7-16H2,1-6H3/t17-,18?,19+,20+,21+,22?,23?,25+,26-,27+,28-/m0/s1. The van der Waals surface area contributed by atoms with Crippen molar-refractivity contribution in [2.45, 2.75) is 114 Å². The predicted molar refractivity (Wildman–Crippen MR) is 137 cm³/mol. The van der Waals surface area contributed by atoms with Crippen molar-refractivity contribution in [1.29, 1.82) is 0 Å². The van der Waals surface area contributed by atoms with Crippen molar-refractivity contribution in [3.05, 3.63) is 0 Å². The fourth-order valence-electron chi connectivity index (χ4n) is 10.1. The summed E-state index contributed by atoms with van der Waals surface area (Å²) in [6, 6.07) is 0. The van der Waals surface area contributed by atoms with E-state index in [-0.39, 0.29) is 56.9 Å². The number of ether oxygens (including phenoxy) is 6. The Morgan fingerprint density at radius 2 is 1.73 bits per heavy atom. The van der Waals surface area contributed by atoms with Gasteiger partial charge < -0.3 is 38.6 Å². The van der Waals surface area contributed by atoms with Crippen LogP contribution in [-0.2, 0) is 28.4 Å². The van der Waals surface area contributed by atoms with Gasteiger partial charge in [0.2, 0.25) is 0 Å². The largest absolute Gasteiger partial charge is 0.414 e. The first-order valence-electron chi connectivity index (χ1n) is 14.6. The molecule has 232 valence electrons. The highest BCUT2D eigenvalue weighted by atomic mass is 19.4. The Bertz CT molecular complexity index is 933. The monoisotopic (exact) mass is 580 g/mol. The predicted octanol–water partition coefficient (Wildman–Crippen LogP) is 4.40. The Labute approximate surface area is 235 Å². The van der Waals surface area contributed by atoms with Crippen LogP contribution in [0.15, 0.2) is 0 Å². The summed E-state index contributed by atoms with van der Waals surface area (Å²) in [6.45, 7) is 7.79. The van der Waals surface area contributed by atoms with Gasteiger partial charge in [0, 0.05) is 31.5 Å². The highest BCUT2D eigenvalue weighted by Crippen LogP contribution is 2.73. The molecule has 1 heterocycles. The fourth-order valence-corrected chi connectivity index (χ4v) is 10.1. The maximum atomic E-state index is 14.0. The zero-order chi connectivity index (χ0) is 29.4. The van der Waals surface area contributed by atoms with E-state index in [0.29, 0.717) is 25.7 Å². The number of aliphatic hydroxyl groups is 2. The number of rotatable bonds is 7. The lowest BCUT2D eigenvalue weighted by Gasteiger charge is -2.72. The second-order valence-corrected chi connectivity index (χ2v) is 13.9. The summed E-state index contributed by atoms with van der Waals surface area (Å²) in [7, 11) is 3.01. The molecule has 0 aromatic rings. The summed E-state index contributed by atoms with van der Waals surface area (Å²) in [5.74, 6) is -2.35. The Balaban J connectivity index is 1.67. The quantitative estimate of drug-likeness (QED) is 0.428. The second kappa shape index (κ2) is 10.3. The van der Waals surface area contributed by atoms with Gasteiger partial charge in [-0.1, -0.05) is 13.8 Å². The van der Waals surface area contributed by atoms with Gasteiger partial charge >= 0.3 is 6.18 Å². The molecule has 4 aliphatic carbocycles. The molecule has 1 spiro atoms. The van der Waals surface area contributed by atoms with Crippen LogP contribution in [0.3, 0.4) is 0 Å². The van der Waals surface area contributed by atoms with Gasteiger partial charge in [-0.15, -0.1) is 0 Å². The molecule has 0 aromatic heterocycles. The summed E-state index contributed by atoms with van der Waals surface area (Å²) in [5.41, 5.74) is -4.09. The van der Waals surface area contributed by atoms with Crippen molar-refractivity contribution in [3.63, 3.8) is 0 Å². The molecule has 2 N–H and O–H groups in total. The van der Waals surface area contributed by atoms with Gasteiger partial charge in [-0.05, 0) is 70.6 Å². The first kappa shape index (κ1) is 30.9. The van der Waals surface area contributed by atoms with Crippen LogP contribution in [0.4, 0.5) is 13.2 Å². The van der Waals surface area contributed by atoms with Crippen molar-refractivity contribution in [2.75, 3.05) is 34.4 Å². The summed E-state index contributed by atoms with van der Waals surface area (Å²) in [4.78, 5) is 0. The molecule has 0 bridgehead atoms. The Kier molecular flexibility index (Phi) is 7.95. The van der Waals surface area contributed by atoms with Crippen LogP contribution in [-0.4, -0.2) is 86.1 Å². The van der Waals surface area contributed by atoms with Crippen LogP contribution < -0.4 is 0 Å². The molecule has 1 saturated heterocycles. The molecule has 11 atom stereocenters. The Morgan fingerprint density at radius 3 is 2.38 bits per heavy atom. The first-order chi connectivity index (χ1) is 18.6. The van der Waals surface area contributed by atoms with Crippen LogP contribution in [0, 0.1) is 34.5 Å². The molecule has 3 unspecified atom stereocenters. The van der Waals surface area contributed by atoms with Gasteiger partial charge in [0.15, 0.2) is 11.9 Å². The number of aliphatic hydroxyl groups excluding tert-OH is 1. The van der Waals surface area contributed by atoms with Crippen molar-refractivity contribution < 1.29 is 51.8 Å². The number of hydrogen-bond donors (Lipinski definition) is 2. The Morgan fingerprint density at radius 1 is 1.02 bits per heavy atom. The van der Waals surface area contributed by atoms with Crippen LogP contribution in [0.5, 0.6) is 0 Å². The third-order valence-electron chi connectivity index (χ3n) is 11.5. The highest BCUT2D eigenvalue weighted by Gasteiger charge is 2.78. The van der Waals surface area contributed by atoms with Gasteiger partial charge in [-0.25, -0.2) is 0 Å². The van der Waals surface area contributed by atoms with E-state index >= 15 is 0 Å². The van der Waals surface area contributed by atoms with Crippen molar-refractivity contribution in [2.24, 2.45) is 34.5 Å². The van der Waals surface area contributed by atoms with Crippen LogP contribution >= 0.6 is 0 Å². The maximum Gasteiger partial charge on any atom is 0.414 e. The average Bonchev–Trinajstić information content (AvgIpc) is 3.15. The van der Waals surface area contributed by atoms with Crippen molar-refractivity contribution in [3.8, 4) is 0 Å². The lowest BCUT2D eigenvalue weighted by Crippen LogP contribution is -2.78. The summed E-state index contributed by atoms with van der Waals surface area (Å²) >= 11 is 0. The van der Waals surface area contributed by atoms with Gasteiger partial charge in [0.1, 0.15) is 13.6 Å². The third-order valence-corrected chi connectivity index (χ3v) is 11.5. The van der Waals surface area contributed by atoms with E-state index in [1.54, 1.807) is 0 Å². The molecular weight excluding hydrogens is 533 g/mol. The molecule has 5 rings (SSSR count). The molecule has 0 amide bonds. The highest BCUT2D eigenvalue weighted by molar-refractivity contribution is 5.26. The average molecular weight is 581 g/mol.